The van der Waals surface area contributed by atoms with Crippen LogP contribution in [0.1, 0.15) is 11.1 Å². The smallest absolute Gasteiger partial charge is 0.264 e. The highest BCUT2D eigenvalue weighted by molar-refractivity contribution is 7.92. The minimum atomic E-state index is -3.82. The maximum Gasteiger partial charge on any atom is 0.264 e. The van der Waals surface area contributed by atoms with Crippen LogP contribution in [0.3, 0.4) is 0 Å². The molecule has 0 heterocycles. The first-order valence-corrected chi connectivity index (χ1v) is 10.8. The van der Waals surface area contributed by atoms with Crippen molar-refractivity contribution in [1.82, 2.24) is 0 Å². The minimum Gasteiger partial charge on any atom is -0.497 e. The van der Waals surface area contributed by atoms with Crippen LogP contribution in [0.5, 0.6) is 5.75 Å². The number of benzene rings is 3. The zero-order valence-corrected chi connectivity index (χ0v) is 17.5. The average Bonchev–Trinajstić information content (AvgIpc) is 2.75. The number of ether oxygens (including phenoxy) is 1. The first-order chi connectivity index (χ1) is 14.0. The number of methoxy groups -OCH3 is 1. The van der Waals surface area contributed by atoms with Crippen molar-refractivity contribution in [2.24, 2.45) is 0 Å². The summed E-state index contributed by atoms with van der Waals surface area (Å²) in [5.74, 6) is 0.607. The molecule has 3 rings (SSSR count). The van der Waals surface area contributed by atoms with Crippen LogP contribution in [0.2, 0.25) is 0 Å². The predicted octanol–water partition coefficient (Wildman–Crippen LogP) is 5.00. The molecule has 29 heavy (non-hydrogen) atoms. The van der Waals surface area contributed by atoms with Crippen LogP contribution >= 0.6 is 0 Å². The zero-order valence-electron chi connectivity index (χ0n) is 16.7. The maximum atomic E-state index is 13.6. The molecule has 1 unspecified atom stereocenters. The standard InChI is InChI=1S/C24H25NO3S/c1-4-21(18-20-8-6-5-7-9-20)25(22-12-10-19(2)11-13-22)29(26,27)24-16-14-23(28-3)15-17-24/h4-17,21H,1,18H2,2-3H3. The van der Waals surface area contributed by atoms with Crippen LogP contribution in [0.4, 0.5) is 5.69 Å². The van der Waals surface area contributed by atoms with Crippen molar-refractivity contribution >= 4 is 15.7 Å². The Morgan fingerprint density at radius 1 is 0.966 bits per heavy atom. The van der Waals surface area contributed by atoms with Crippen LogP contribution in [-0.2, 0) is 16.4 Å². The van der Waals surface area contributed by atoms with Gasteiger partial charge in [-0.3, -0.25) is 4.31 Å². The number of rotatable bonds is 8. The van der Waals surface area contributed by atoms with Crippen molar-refractivity contribution in [2.75, 3.05) is 11.4 Å². The first-order valence-electron chi connectivity index (χ1n) is 9.37. The Labute approximate surface area is 173 Å². The van der Waals surface area contributed by atoms with Gasteiger partial charge < -0.3 is 4.74 Å². The second kappa shape index (κ2) is 8.97. The third-order valence-corrected chi connectivity index (χ3v) is 6.63. The van der Waals surface area contributed by atoms with Crippen molar-refractivity contribution in [3.8, 4) is 5.75 Å². The fourth-order valence-corrected chi connectivity index (χ4v) is 4.80. The quantitative estimate of drug-likeness (QED) is 0.494. The molecule has 0 radical (unpaired) electrons. The second-order valence-electron chi connectivity index (χ2n) is 6.80. The van der Waals surface area contributed by atoms with Crippen molar-refractivity contribution in [3.05, 3.63) is 103 Å². The van der Waals surface area contributed by atoms with Crippen LogP contribution in [0.25, 0.3) is 0 Å². The molecule has 5 heteroatoms. The molecule has 0 aliphatic heterocycles. The molecule has 4 nitrogen and oxygen atoms in total. The third-order valence-electron chi connectivity index (χ3n) is 4.77. The van der Waals surface area contributed by atoms with Crippen LogP contribution in [0.15, 0.2) is 96.4 Å². The molecule has 0 fully saturated rings. The number of nitrogens with zero attached hydrogens (tertiary/aromatic N) is 1. The first kappa shape index (κ1) is 20.7. The second-order valence-corrected chi connectivity index (χ2v) is 8.62. The van der Waals surface area contributed by atoms with E-state index in [2.05, 4.69) is 6.58 Å². The highest BCUT2D eigenvalue weighted by atomic mass is 32.2. The Morgan fingerprint density at radius 2 is 1.59 bits per heavy atom. The summed E-state index contributed by atoms with van der Waals surface area (Å²) in [5.41, 5.74) is 2.71. The van der Waals surface area contributed by atoms with E-state index >= 15 is 0 Å². The predicted molar refractivity (Wildman–Crippen MR) is 118 cm³/mol. The molecule has 3 aromatic rings. The Bertz CT molecular complexity index is 1040. The monoisotopic (exact) mass is 407 g/mol. The summed E-state index contributed by atoms with van der Waals surface area (Å²) in [6.07, 6.45) is 2.21. The van der Waals surface area contributed by atoms with Gasteiger partial charge in [0.2, 0.25) is 0 Å². The summed E-state index contributed by atoms with van der Waals surface area (Å²) in [5, 5.41) is 0. The summed E-state index contributed by atoms with van der Waals surface area (Å²) in [4.78, 5) is 0.207. The number of sulfonamides is 1. The molecule has 0 bridgehead atoms. The molecular formula is C24H25NO3S. The van der Waals surface area contributed by atoms with E-state index in [4.69, 9.17) is 4.74 Å². The number of aryl methyl sites for hydroxylation is 1. The Hall–Kier alpha value is -3.05. The van der Waals surface area contributed by atoms with Crippen molar-refractivity contribution in [2.45, 2.75) is 24.3 Å². The molecule has 0 aromatic heterocycles. The van der Waals surface area contributed by atoms with Gasteiger partial charge in [0.25, 0.3) is 10.0 Å². The van der Waals surface area contributed by atoms with Gasteiger partial charge in [-0.15, -0.1) is 6.58 Å². The van der Waals surface area contributed by atoms with Gasteiger partial charge in [-0.1, -0.05) is 54.1 Å². The molecule has 0 aliphatic rings. The Morgan fingerprint density at radius 3 is 2.14 bits per heavy atom. The van der Waals surface area contributed by atoms with Gasteiger partial charge in [0.15, 0.2) is 0 Å². The SMILES string of the molecule is C=CC(Cc1ccccc1)N(c1ccc(C)cc1)S(=O)(=O)c1ccc(OC)cc1. The van der Waals surface area contributed by atoms with Crippen molar-refractivity contribution in [3.63, 3.8) is 0 Å². The van der Waals surface area contributed by atoms with Gasteiger partial charge in [0.05, 0.1) is 23.7 Å². The van der Waals surface area contributed by atoms with Gasteiger partial charge in [-0.25, -0.2) is 8.42 Å². The molecular weight excluding hydrogens is 382 g/mol. The van der Waals surface area contributed by atoms with E-state index in [1.165, 1.54) is 4.31 Å². The normalized spacial score (nSPS) is 12.2. The van der Waals surface area contributed by atoms with Gasteiger partial charge in [-0.05, 0) is 55.3 Å². The van der Waals surface area contributed by atoms with E-state index in [9.17, 15) is 8.42 Å². The van der Waals surface area contributed by atoms with E-state index in [-0.39, 0.29) is 4.90 Å². The highest BCUT2D eigenvalue weighted by Gasteiger charge is 2.30. The van der Waals surface area contributed by atoms with Crippen molar-refractivity contribution < 1.29 is 13.2 Å². The summed E-state index contributed by atoms with van der Waals surface area (Å²) < 4.78 is 33.9. The molecule has 1 atom stereocenters. The molecule has 0 saturated carbocycles. The molecule has 0 aliphatic carbocycles. The fraction of sp³-hybridized carbons (Fsp3) is 0.167. The van der Waals surface area contributed by atoms with Crippen molar-refractivity contribution in [1.29, 1.82) is 0 Å². The van der Waals surface area contributed by atoms with Gasteiger partial charge >= 0.3 is 0 Å². The summed E-state index contributed by atoms with van der Waals surface area (Å²) in [7, 11) is -2.27. The van der Waals surface area contributed by atoms with E-state index < -0.39 is 16.1 Å². The summed E-state index contributed by atoms with van der Waals surface area (Å²) >= 11 is 0. The Balaban J connectivity index is 2.08. The molecule has 3 aromatic carbocycles. The third kappa shape index (κ3) is 4.69. The lowest BCUT2D eigenvalue weighted by molar-refractivity contribution is 0.414. The summed E-state index contributed by atoms with van der Waals surface area (Å²) in [6.45, 7) is 5.90. The van der Waals surface area contributed by atoms with E-state index in [1.54, 1.807) is 37.5 Å². The number of anilines is 1. The number of hydrogen-bond donors (Lipinski definition) is 0. The van der Waals surface area contributed by atoms with Crippen LogP contribution < -0.4 is 9.04 Å². The molecule has 0 N–H and O–H groups in total. The fourth-order valence-electron chi connectivity index (χ4n) is 3.18. The van der Waals surface area contributed by atoms with E-state index in [1.807, 2.05) is 61.5 Å². The molecule has 150 valence electrons. The average molecular weight is 408 g/mol. The van der Waals surface area contributed by atoms with E-state index in [0.717, 1.165) is 11.1 Å². The molecule has 0 amide bonds. The zero-order chi connectivity index (χ0) is 20.9. The van der Waals surface area contributed by atoms with Crippen LogP contribution in [0, 0.1) is 6.92 Å². The van der Waals surface area contributed by atoms with Gasteiger partial charge in [0.1, 0.15) is 5.75 Å². The molecule has 0 spiro atoms. The molecule has 0 saturated heterocycles. The minimum absolute atomic E-state index is 0.207. The largest absolute Gasteiger partial charge is 0.497 e. The van der Waals surface area contributed by atoms with Crippen LogP contribution in [-0.4, -0.2) is 21.6 Å². The van der Waals surface area contributed by atoms with E-state index in [0.29, 0.717) is 17.9 Å². The Kier molecular flexibility index (Phi) is 6.39. The summed E-state index contributed by atoms with van der Waals surface area (Å²) in [6, 6.07) is 23.3. The topological polar surface area (TPSA) is 46.6 Å². The lowest BCUT2D eigenvalue weighted by Crippen LogP contribution is -2.40. The number of hydrogen-bond acceptors (Lipinski definition) is 3. The van der Waals surface area contributed by atoms with Gasteiger partial charge in [-0.2, -0.15) is 0 Å². The lowest BCUT2D eigenvalue weighted by atomic mass is 10.1. The van der Waals surface area contributed by atoms with Gasteiger partial charge in [0, 0.05) is 0 Å². The lowest BCUT2D eigenvalue weighted by Gasteiger charge is -2.31. The maximum absolute atomic E-state index is 13.6. The highest BCUT2D eigenvalue weighted by Crippen LogP contribution is 2.29.